The molecule has 0 aliphatic carbocycles. The molecule has 0 radical (unpaired) electrons. The fourth-order valence-corrected chi connectivity index (χ4v) is 3.23. The molecular weight excluding hydrogens is 366 g/mol. The third kappa shape index (κ3) is 6.68. The number of hydrogen-bond donors (Lipinski definition) is 2. The Morgan fingerprint density at radius 2 is 1.86 bits per heavy atom. The second-order valence-electron chi connectivity index (χ2n) is 6.97. The van der Waals surface area contributed by atoms with Gasteiger partial charge in [0.2, 0.25) is 0 Å². The summed E-state index contributed by atoms with van der Waals surface area (Å²) in [5.41, 5.74) is 3.79. The van der Waals surface area contributed by atoms with Crippen LogP contribution in [0.1, 0.15) is 23.1 Å². The van der Waals surface area contributed by atoms with Crippen LogP contribution in [0.4, 0.5) is 0 Å². The number of methoxy groups -OCH3 is 1. The molecule has 0 spiro atoms. The van der Waals surface area contributed by atoms with Crippen LogP contribution < -0.4 is 20.1 Å². The van der Waals surface area contributed by atoms with E-state index in [4.69, 9.17) is 14.2 Å². The van der Waals surface area contributed by atoms with Gasteiger partial charge in [-0.15, -0.1) is 0 Å². The summed E-state index contributed by atoms with van der Waals surface area (Å²) >= 11 is 0. The second-order valence-corrected chi connectivity index (χ2v) is 6.97. The molecule has 6 nitrogen and oxygen atoms in total. The average Bonchev–Trinajstić information content (AvgIpc) is 3.23. The summed E-state index contributed by atoms with van der Waals surface area (Å²) in [5, 5.41) is 6.70. The summed E-state index contributed by atoms with van der Waals surface area (Å²) in [6.07, 6.45) is 2.89. The minimum Gasteiger partial charge on any atom is -0.497 e. The number of hydrogen-bond acceptors (Lipinski definition) is 4. The Hall–Kier alpha value is -2.73. The molecule has 0 unspecified atom stereocenters. The Morgan fingerprint density at radius 1 is 1.07 bits per heavy atom. The smallest absolute Gasteiger partial charge is 0.190 e. The van der Waals surface area contributed by atoms with Crippen molar-refractivity contribution in [2.24, 2.45) is 4.99 Å². The Balaban J connectivity index is 1.26. The van der Waals surface area contributed by atoms with Crippen molar-refractivity contribution in [2.45, 2.75) is 25.9 Å². The van der Waals surface area contributed by atoms with Crippen LogP contribution in [0.5, 0.6) is 11.5 Å². The highest BCUT2D eigenvalue weighted by Gasteiger charge is 2.11. The molecule has 156 valence electrons. The normalized spacial score (nSPS) is 13.0. The molecular formula is C23H31N3O3. The standard InChI is InChI=1S/C23H31N3O3/c1-24-23(26-13-10-18-6-9-22-20(16-18)11-15-29-22)25-12-3-14-28-17-19-4-7-21(27-2)8-5-19/h4-9,16H,3,10-15,17H2,1-2H3,(H2,24,25,26). The number of fused-ring (bicyclic) bond motifs is 1. The van der Waals surface area contributed by atoms with Crippen LogP contribution in [0.2, 0.25) is 0 Å². The lowest BCUT2D eigenvalue weighted by molar-refractivity contribution is 0.119. The van der Waals surface area contributed by atoms with Crippen LogP contribution in [-0.2, 0) is 24.2 Å². The predicted molar refractivity (Wildman–Crippen MR) is 116 cm³/mol. The minimum atomic E-state index is 0.614. The first-order valence-electron chi connectivity index (χ1n) is 10.2. The zero-order chi connectivity index (χ0) is 20.3. The highest BCUT2D eigenvalue weighted by molar-refractivity contribution is 5.79. The van der Waals surface area contributed by atoms with E-state index in [0.29, 0.717) is 13.2 Å². The van der Waals surface area contributed by atoms with Crippen molar-refractivity contribution >= 4 is 5.96 Å². The second kappa shape index (κ2) is 11.3. The molecule has 0 aromatic heterocycles. The number of guanidine groups is 1. The van der Waals surface area contributed by atoms with Crippen LogP contribution in [0.3, 0.4) is 0 Å². The molecule has 0 atom stereocenters. The van der Waals surface area contributed by atoms with E-state index in [2.05, 4.69) is 33.8 Å². The lowest BCUT2D eigenvalue weighted by Crippen LogP contribution is -2.39. The van der Waals surface area contributed by atoms with Gasteiger partial charge in [-0.05, 0) is 47.7 Å². The van der Waals surface area contributed by atoms with Gasteiger partial charge in [0.1, 0.15) is 11.5 Å². The van der Waals surface area contributed by atoms with Crippen molar-refractivity contribution in [2.75, 3.05) is 40.5 Å². The fourth-order valence-electron chi connectivity index (χ4n) is 3.23. The molecule has 0 amide bonds. The molecule has 3 rings (SSSR count). The summed E-state index contributed by atoms with van der Waals surface area (Å²) in [7, 11) is 3.46. The van der Waals surface area contributed by atoms with Gasteiger partial charge in [0, 0.05) is 33.2 Å². The maximum Gasteiger partial charge on any atom is 0.190 e. The van der Waals surface area contributed by atoms with Gasteiger partial charge in [0.05, 0.1) is 20.3 Å². The largest absolute Gasteiger partial charge is 0.497 e. The van der Waals surface area contributed by atoms with E-state index in [0.717, 1.165) is 62.0 Å². The maximum absolute atomic E-state index is 5.73. The minimum absolute atomic E-state index is 0.614. The van der Waals surface area contributed by atoms with Crippen molar-refractivity contribution in [1.29, 1.82) is 0 Å². The molecule has 1 heterocycles. The zero-order valence-corrected chi connectivity index (χ0v) is 17.4. The number of ether oxygens (including phenoxy) is 3. The van der Waals surface area contributed by atoms with Crippen LogP contribution in [0.15, 0.2) is 47.5 Å². The molecule has 2 aromatic rings. The number of nitrogens with one attached hydrogen (secondary N) is 2. The fraction of sp³-hybridized carbons (Fsp3) is 0.435. The Labute approximate surface area is 173 Å². The Kier molecular flexibility index (Phi) is 8.19. The van der Waals surface area contributed by atoms with Crippen molar-refractivity contribution < 1.29 is 14.2 Å². The monoisotopic (exact) mass is 397 g/mol. The zero-order valence-electron chi connectivity index (χ0n) is 17.4. The van der Waals surface area contributed by atoms with Gasteiger partial charge in [-0.1, -0.05) is 24.3 Å². The molecule has 1 aliphatic heterocycles. The molecule has 6 heteroatoms. The molecule has 2 aromatic carbocycles. The summed E-state index contributed by atoms with van der Waals surface area (Å²) in [6, 6.07) is 14.4. The van der Waals surface area contributed by atoms with Crippen molar-refractivity contribution in [1.82, 2.24) is 10.6 Å². The average molecular weight is 398 g/mol. The molecule has 0 saturated heterocycles. The predicted octanol–water partition coefficient (Wildman–Crippen LogP) is 2.94. The van der Waals surface area contributed by atoms with E-state index in [1.54, 1.807) is 14.2 Å². The maximum atomic E-state index is 5.73. The van der Waals surface area contributed by atoms with Gasteiger partial charge in [0.15, 0.2) is 5.96 Å². The first-order valence-corrected chi connectivity index (χ1v) is 10.2. The summed E-state index contributed by atoms with van der Waals surface area (Å²) in [6.45, 7) is 3.78. The third-order valence-corrected chi connectivity index (χ3v) is 4.87. The van der Waals surface area contributed by atoms with Crippen molar-refractivity contribution in [3.8, 4) is 11.5 Å². The molecule has 29 heavy (non-hydrogen) atoms. The quantitative estimate of drug-likeness (QED) is 0.367. The lowest BCUT2D eigenvalue weighted by atomic mass is 10.1. The molecule has 0 saturated carbocycles. The van der Waals surface area contributed by atoms with Gasteiger partial charge >= 0.3 is 0 Å². The van der Waals surface area contributed by atoms with E-state index < -0.39 is 0 Å². The van der Waals surface area contributed by atoms with Gasteiger partial charge in [0.25, 0.3) is 0 Å². The molecule has 2 N–H and O–H groups in total. The van der Waals surface area contributed by atoms with Gasteiger partial charge < -0.3 is 24.8 Å². The summed E-state index contributed by atoms with van der Waals surface area (Å²) < 4.78 is 16.5. The topological polar surface area (TPSA) is 64.1 Å². The Morgan fingerprint density at radius 3 is 2.66 bits per heavy atom. The Bertz CT molecular complexity index is 790. The van der Waals surface area contributed by atoms with E-state index in [1.165, 1.54) is 11.1 Å². The highest BCUT2D eigenvalue weighted by Crippen LogP contribution is 2.25. The van der Waals surface area contributed by atoms with Crippen LogP contribution in [0.25, 0.3) is 0 Å². The molecule has 1 aliphatic rings. The first-order chi connectivity index (χ1) is 14.3. The van der Waals surface area contributed by atoms with Crippen LogP contribution in [0, 0.1) is 0 Å². The lowest BCUT2D eigenvalue weighted by Gasteiger charge is -2.12. The summed E-state index contributed by atoms with van der Waals surface area (Å²) in [5.74, 6) is 2.72. The van der Waals surface area contributed by atoms with Crippen LogP contribution >= 0.6 is 0 Å². The van der Waals surface area contributed by atoms with E-state index in [1.807, 2.05) is 24.3 Å². The van der Waals surface area contributed by atoms with Crippen molar-refractivity contribution in [3.63, 3.8) is 0 Å². The first kappa shape index (κ1) is 21.0. The van der Waals surface area contributed by atoms with E-state index in [9.17, 15) is 0 Å². The SMILES string of the molecule is CN=C(NCCCOCc1ccc(OC)cc1)NCCc1ccc2c(c1)CCO2. The number of benzene rings is 2. The van der Waals surface area contributed by atoms with Gasteiger partial charge in [-0.25, -0.2) is 0 Å². The molecule has 0 fully saturated rings. The van der Waals surface area contributed by atoms with E-state index >= 15 is 0 Å². The van der Waals surface area contributed by atoms with Gasteiger partial charge in [-0.3, -0.25) is 4.99 Å². The van der Waals surface area contributed by atoms with Crippen LogP contribution in [-0.4, -0.2) is 46.4 Å². The van der Waals surface area contributed by atoms with Crippen molar-refractivity contribution in [3.05, 3.63) is 59.2 Å². The summed E-state index contributed by atoms with van der Waals surface area (Å²) in [4.78, 5) is 4.28. The number of rotatable bonds is 10. The third-order valence-electron chi connectivity index (χ3n) is 4.87. The molecule has 0 bridgehead atoms. The number of nitrogens with zero attached hydrogens (tertiary/aromatic N) is 1. The van der Waals surface area contributed by atoms with E-state index in [-0.39, 0.29) is 0 Å². The number of aliphatic imine (C=N–C) groups is 1. The van der Waals surface area contributed by atoms with Gasteiger partial charge in [-0.2, -0.15) is 0 Å². The highest BCUT2D eigenvalue weighted by atomic mass is 16.5.